The third kappa shape index (κ3) is 2.94. The minimum Gasteiger partial charge on any atom is -0.353 e. The van der Waals surface area contributed by atoms with Crippen LogP contribution in [0.2, 0.25) is 0 Å². The second-order valence-corrected chi connectivity index (χ2v) is 4.94. The molecule has 0 bridgehead atoms. The first kappa shape index (κ1) is 10.9. The Kier molecular flexibility index (Phi) is 3.62. The summed E-state index contributed by atoms with van der Waals surface area (Å²) in [6, 6.07) is 0.499. The predicted molar refractivity (Wildman–Crippen MR) is 60.5 cm³/mol. The van der Waals surface area contributed by atoms with E-state index in [9.17, 15) is 4.79 Å². The van der Waals surface area contributed by atoms with Gasteiger partial charge >= 0.3 is 0 Å². The highest BCUT2D eigenvalue weighted by Gasteiger charge is 2.38. The van der Waals surface area contributed by atoms with Gasteiger partial charge in [-0.05, 0) is 38.1 Å². The van der Waals surface area contributed by atoms with E-state index in [1.54, 1.807) is 0 Å². The molecule has 86 valence electrons. The Bertz CT molecular complexity index is 224. The molecule has 1 aliphatic heterocycles. The van der Waals surface area contributed by atoms with Crippen molar-refractivity contribution in [2.24, 2.45) is 11.8 Å². The monoisotopic (exact) mass is 210 g/mol. The van der Waals surface area contributed by atoms with Crippen LogP contribution < -0.4 is 10.6 Å². The smallest absolute Gasteiger partial charge is 0.224 e. The fraction of sp³-hybridized carbons (Fsp3) is 0.917. The molecule has 1 aliphatic carbocycles. The zero-order valence-corrected chi connectivity index (χ0v) is 9.59. The molecule has 1 saturated heterocycles. The van der Waals surface area contributed by atoms with E-state index in [2.05, 4.69) is 17.6 Å². The van der Waals surface area contributed by atoms with Crippen molar-refractivity contribution in [2.75, 3.05) is 13.1 Å². The largest absolute Gasteiger partial charge is 0.353 e. The Morgan fingerprint density at radius 1 is 1.53 bits per heavy atom. The van der Waals surface area contributed by atoms with Crippen molar-refractivity contribution < 1.29 is 4.79 Å². The first-order valence-corrected chi connectivity index (χ1v) is 6.32. The van der Waals surface area contributed by atoms with E-state index >= 15 is 0 Å². The molecular formula is C12H22N2O. The normalized spacial score (nSPS) is 34.9. The first-order chi connectivity index (χ1) is 7.31. The predicted octanol–water partition coefficient (Wildman–Crippen LogP) is 1.29. The molecule has 2 rings (SSSR count). The van der Waals surface area contributed by atoms with E-state index in [4.69, 9.17) is 0 Å². The molecule has 0 radical (unpaired) electrons. The Hall–Kier alpha value is -0.570. The summed E-state index contributed by atoms with van der Waals surface area (Å²) in [6.45, 7) is 4.16. The van der Waals surface area contributed by atoms with Crippen LogP contribution in [0.3, 0.4) is 0 Å². The highest BCUT2D eigenvalue weighted by Crippen LogP contribution is 2.34. The molecule has 2 unspecified atom stereocenters. The van der Waals surface area contributed by atoms with Crippen LogP contribution in [0, 0.1) is 11.8 Å². The summed E-state index contributed by atoms with van der Waals surface area (Å²) < 4.78 is 0. The third-order valence-electron chi connectivity index (χ3n) is 3.58. The van der Waals surface area contributed by atoms with Crippen molar-refractivity contribution in [3.63, 3.8) is 0 Å². The molecule has 15 heavy (non-hydrogen) atoms. The topological polar surface area (TPSA) is 41.1 Å². The molecule has 2 fully saturated rings. The van der Waals surface area contributed by atoms with Crippen molar-refractivity contribution in [3.05, 3.63) is 0 Å². The quantitative estimate of drug-likeness (QED) is 0.734. The Morgan fingerprint density at radius 2 is 2.40 bits per heavy atom. The number of piperidine rings is 1. The standard InChI is InChI=1S/C12H22N2O/c1-2-4-9-7-11(9)14-12(15)10-5-3-6-13-8-10/h9-11,13H,2-8H2,1H3,(H,14,15)/t9?,10-,11?/m1/s1. The third-order valence-corrected chi connectivity index (χ3v) is 3.58. The maximum atomic E-state index is 11.8. The summed E-state index contributed by atoms with van der Waals surface area (Å²) in [4.78, 5) is 11.8. The van der Waals surface area contributed by atoms with Crippen LogP contribution in [0.4, 0.5) is 0 Å². The van der Waals surface area contributed by atoms with Gasteiger partial charge in [-0.2, -0.15) is 0 Å². The molecular weight excluding hydrogens is 188 g/mol. The van der Waals surface area contributed by atoms with Crippen molar-refractivity contribution in [3.8, 4) is 0 Å². The van der Waals surface area contributed by atoms with Crippen LogP contribution in [-0.2, 0) is 4.79 Å². The number of hydrogen-bond acceptors (Lipinski definition) is 2. The van der Waals surface area contributed by atoms with E-state index in [1.807, 2.05) is 0 Å². The number of amides is 1. The van der Waals surface area contributed by atoms with Gasteiger partial charge in [0.05, 0.1) is 5.92 Å². The van der Waals surface area contributed by atoms with Gasteiger partial charge in [-0.25, -0.2) is 0 Å². The molecule has 2 N–H and O–H groups in total. The fourth-order valence-corrected chi connectivity index (χ4v) is 2.49. The van der Waals surface area contributed by atoms with Crippen LogP contribution >= 0.6 is 0 Å². The minimum atomic E-state index is 0.224. The van der Waals surface area contributed by atoms with E-state index in [0.29, 0.717) is 6.04 Å². The second kappa shape index (κ2) is 4.97. The molecule has 0 aromatic rings. The number of rotatable bonds is 4. The molecule has 0 aromatic heterocycles. The highest BCUT2D eigenvalue weighted by molar-refractivity contribution is 5.79. The first-order valence-electron chi connectivity index (χ1n) is 6.32. The zero-order valence-electron chi connectivity index (χ0n) is 9.59. The lowest BCUT2D eigenvalue weighted by Gasteiger charge is -2.21. The zero-order chi connectivity index (χ0) is 10.7. The van der Waals surface area contributed by atoms with Crippen molar-refractivity contribution in [1.29, 1.82) is 0 Å². The van der Waals surface area contributed by atoms with Crippen LogP contribution in [-0.4, -0.2) is 25.0 Å². The van der Waals surface area contributed by atoms with Gasteiger partial charge in [-0.1, -0.05) is 13.3 Å². The van der Waals surface area contributed by atoms with Crippen molar-refractivity contribution in [1.82, 2.24) is 10.6 Å². The van der Waals surface area contributed by atoms with E-state index in [1.165, 1.54) is 19.3 Å². The number of carbonyl (C=O) groups is 1. The van der Waals surface area contributed by atoms with Gasteiger partial charge in [0.1, 0.15) is 0 Å². The molecule has 1 amide bonds. The molecule has 3 atom stereocenters. The van der Waals surface area contributed by atoms with Gasteiger partial charge in [-0.15, -0.1) is 0 Å². The van der Waals surface area contributed by atoms with Crippen LogP contribution in [0.1, 0.15) is 39.0 Å². The lowest BCUT2D eigenvalue weighted by Crippen LogP contribution is -2.41. The van der Waals surface area contributed by atoms with E-state index in [-0.39, 0.29) is 11.8 Å². The molecule has 2 aliphatic rings. The van der Waals surface area contributed by atoms with Gasteiger partial charge in [0.2, 0.25) is 5.91 Å². The summed E-state index contributed by atoms with van der Waals surface area (Å²) in [5, 5.41) is 6.46. The maximum absolute atomic E-state index is 11.8. The lowest BCUT2D eigenvalue weighted by atomic mass is 9.99. The summed E-state index contributed by atoms with van der Waals surface area (Å²) in [5.41, 5.74) is 0. The molecule has 3 heteroatoms. The lowest BCUT2D eigenvalue weighted by molar-refractivity contribution is -0.125. The molecule has 1 saturated carbocycles. The van der Waals surface area contributed by atoms with Crippen molar-refractivity contribution >= 4 is 5.91 Å². The van der Waals surface area contributed by atoms with Crippen LogP contribution in [0.15, 0.2) is 0 Å². The maximum Gasteiger partial charge on any atom is 0.224 e. The second-order valence-electron chi connectivity index (χ2n) is 4.94. The number of carbonyl (C=O) groups excluding carboxylic acids is 1. The average Bonchev–Trinajstić information content (AvgIpc) is 2.98. The molecule has 3 nitrogen and oxygen atoms in total. The summed E-state index contributed by atoms with van der Waals surface area (Å²) in [6.07, 6.45) is 5.92. The summed E-state index contributed by atoms with van der Waals surface area (Å²) in [7, 11) is 0. The molecule has 0 aromatic carbocycles. The minimum absolute atomic E-state index is 0.224. The average molecular weight is 210 g/mol. The Morgan fingerprint density at radius 3 is 3.07 bits per heavy atom. The SMILES string of the molecule is CCCC1CC1NC(=O)[C@@H]1CCCNC1. The summed E-state index contributed by atoms with van der Waals surface area (Å²) in [5.74, 6) is 1.28. The highest BCUT2D eigenvalue weighted by atomic mass is 16.2. The van der Waals surface area contributed by atoms with E-state index in [0.717, 1.165) is 31.8 Å². The van der Waals surface area contributed by atoms with E-state index < -0.39 is 0 Å². The fourth-order valence-electron chi connectivity index (χ4n) is 2.49. The summed E-state index contributed by atoms with van der Waals surface area (Å²) >= 11 is 0. The number of nitrogens with one attached hydrogen (secondary N) is 2. The molecule has 1 heterocycles. The van der Waals surface area contributed by atoms with Gasteiger partial charge in [-0.3, -0.25) is 4.79 Å². The van der Waals surface area contributed by atoms with Crippen LogP contribution in [0.5, 0.6) is 0 Å². The van der Waals surface area contributed by atoms with Crippen LogP contribution in [0.25, 0.3) is 0 Å². The van der Waals surface area contributed by atoms with Gasteiger partial charge < -0.3 is 10.6 Å². The van der Waals surface area contributed by atoms with Gasteiger partial charge in [0, 0.05) is 12.6 Å². The Balaban J connectivity index is 1.68. The Labute approximate surface area is 92.0 Å². The number of hydrogen-bond donors (Lipinski definition) is 2. The van der Waals surface area contributed by atoms with Gasteiger partial charge in [0.15, 0.2) is 0 Å². The van der Waals surface area contributed by atoms with Crippen molar-refractivity contribution in [2.45, 2.75) is 45.1 Å². The molecule has 0 spiro atoms. The van der Waals surface area contributed by atoms with Gasteiger partial charge in [0.25, 0.3) is 0 Å².